The fraction of sp³-hybridized carbons (Fsp3) is 0.652. The molecule has 0 spiro atoms. The van der Waals surface area contributed by atoms with E-state index in [2.05, 4.69) is 50.9 Å². The predicted molar refractivity (Wildman–Crippen MR) is 137 cm³/mol. The maximum absolute atomic E-state index is 12.7. The van der Waals surface area contributed by atoms with Gasteiger partial charge in [0, 0.05) is 50.1 Å². The van der Waals surface area contributed by atoms with Gasteiger partial charge in [0.15, 0.2) is 5.96 Å². The maximum atomic E-state index is 12.7. The molecule has 0 aromatic heterocycles. The zero-order valence-electron chi connectivity index (χ0n) is 17.9. The normalized spacial score (nSPS) is 29.0. The third-order valence-electron chi connectivity index (χ3n) is 6.65. The Kier molecular flexibility index (Phi) is 9.16. The number of thioether (sulfide) groups is 1. The Balaban J connectivity index is 0.00000256. The first-order valence-electron chi connectivity index (χ1n) is 11.1. The number of amides is 1. The van der Waals surface area contributed by atoms with Crippen LogP contribution in [0.2, 0.25) is 0 Å². The van der Waals surface area contributed by atoms with Gasteiger partial charge in [0.25, 0.3) is 0 Å². The Hall–Kier alpha value is -0.960. The van der Waals surface area contributed by atoms with Crippen molar-refractivity contribution in [1.82, 2.24) is 15.5 Å². The highest BCUT2D eigenvalue weighted by atomic mass is 127. The van der Waals surface area contributed by atoms with Crippen LogP contribution >= 0.6 is 35.7 Å². The summed E-state index contributed by atoms with van der Waals surface area (Å²) in [5.41, 5.74) is 1.46. The Morgan fingerprint density at radius 3 is 2.50 bits per heavy atom. The van der Waals surface area contributed by atoms with E-state index in [-0.39, 0.29) is 29.9 Å². The minimum absolute atomic E-state index is 0. The van der Waals surface area contributed by atoms with E-state index in [4.69, 9.17) is 0 Å². The maximum Gasteiger partial charge on any atom is 0.225 e. The predicted octanol–water partition coefficient (Wildman–Crippen LogP) is 3.71. The SMILES string of the molecule is CN=C(NCC1CC1c1ccccc1)NC1CCC(C(=O)N2CCSCC2)CC1.I. The molecule has 2 unspecified atom stereocenters. The highest BCUT2D eigenvalue weighted by Gasteiger charge is 2.38. The summed E-state index contributed by atoms with van der Waals surface area (Å²) in [4.78, 5) is 19.2. The van der Waals surface area contributed by atoms with E-state index in [0.29, 0.717) is 23.8 Å². The van der Waals surface area contributed by atoms with E-state index >= 15 is 0 Å². The number of rotatable bonds is 5. The number of nitrogens with one attached hydrogen (secondary N) is 2. The zero-order chi connectivity index (χ0) is 20.1. The van der Waals surface area contributed by atoms with Gasteiger partial charge in [-0.25, -0.2) is 0 Å². The summed E-state index contributed by atoms with van der Waals surface area (Å²) in [6.07, 6.45) is 5.35. The summed E-state index contributed by atoms with van der Waals surface area (Å²) >= 11 is 1.96. The summed E-state index contributed by atoms with van der Waals surface area (Å²) < 4.78 is 0. The van der Waals surface area contributed by atoms with E-state index < -0.39 is 0 Å². The molecule has 30 heavy (non-hydrogen) atoms. The number of nitrogens with zero attached hydrogens (tertiary/aromatic N) is 2. The molecule has 2 aliphatic carbocycles. The van der Waals surface area contributed by atoms with E-state index in [0.717, 1.165) is 62.8 Å². The van der Waals surface area contributed by atoms with E-state index in [1.54, 1.807) is 0 Å². The lowest BCUT2D eigenvalue weighted by atomic mass is 9.85. The molecule has 1 heterocycles. The number of aliphatic imine (C=N–C) groups is 1. The molecule has 1 aromatic carbocycles. The number of hydrogen-bond donors (Lipinski definition) is 2. The number of guanidine groups is 1. The first kappa shape index (κ1) is 23.7. The fourth-order valence-corrected chi connectivity index (χ4v) is 5.63. The third kappa shape index (κ3) is 6.28. The smallest absolute Gasteiger partial charge is 0.225 e. The van der Waals surface area contributed by atoms with Crippen LogP contribution in [0.5, 0.6) is 0 Å². The molecule has 5 nitrogen and oxygen atoms in total. The second-order valence-corrected chi connectivity index (χ2v) is 9.82. The fourth-order valence-electron chi connectivity index (χ4n) is 4.72. The summed E-state index contributed by atoms with van der Waals surface area (Å²) in [5.74, 6) is 5.11. The lowest BCUT2D eigenvalue weighted by molar-refractivity contribution is -0.136. The van der Waals surface area contributed by atoms with Gasteiger partial charge in [0.05, 0.1) is 0 Å². The topological polar surface area (TPSA) is 56.7 Å². The first-order chi connectivity index (χ1) is 14.2. The van der Waals surface area contributed by atoms with Gasteiger partial charge in [-0.1, -0.05) is 30.3 Å². The van der Waals surface area contributed by atoms with Crippen molar-refractivity contribution in [2.24, 2.45) is 16.8 Å². The summed E-state index contributed by atoms with van der Waals surface area (Å²) in [5, 5.41) is 7.12. The highest BCUT2D eigenvalue weighted by molar-refractivity contribution is 14.0. The van der Waals surface area contributed by atoms with E-state index in [9.17, 15) is 4.79 Å². The molecule has 3 fully saturated rings. The van der Waals surface area contributed by atoms with Crippen molar-refractivity contribution in [3.05, 3.63) is 35.9 Å². The van der Waals surface area contributed by atoms with Crippen molar-refractivity contribution in [1.29, 1.82) is 0 Å². The minimum Gasteiger partial charge on any atom is -0.356 e. The van der Waals surface area contributed by atoms with Crippen LogP contribution in [0.1, 0.15) is 43.6 Å². The van der Waals surface area contributed by atoms with Gasteiger partial charge < -0.3 is 15.5 Å². The Bertz CT molecular complexity index is 702. The highest BCUT2D eigenvalue weighted by Crippen LogP contribution is 2.46. The number of carbonyl (C=O) groups excluding carboxylic acids is 1. The summed E-state index contributed by atoms with van der Waals surface area (Å²) in [7, 11) is 1.85. The number of halogens is 1. The van der Waals surface area contributed by atoms with Crippen molar-refractivity contribution >= 4 is 47.6 Å². The molecule has 2 saturated carbocycles. The Labute approximate surface area is 202 Å². The molecule has 7 heteroatoms. The van der Waals surface area contributed by atoms with Crippen molar-refractivity contribution in [3.63, 3.8) is 0 Å². The molecule has 166 valence electrons. The van der Waals surface area contributed by atoms with Crippen LogP contribution in [0.3, 0.4) is 0 Å². The van der Waals surface area contributed by atoms with Gasteiger partial charge in [-0.2, -0.15) is 11.8 Å². The molecule has 1 saturated heterocycles. The number of carbonyl (C=O) groups is 1. The van der Waals surface area contributed by atoms with Crippen LogP contribution in [0.25, 0.3) is 0 Å². The molecule has 1 aromatic rings. The Morgan fingerprint density at radius 1 is 1.13 bits per heavy atom. The first-order valence-corrected chi connectivity index (χ1v) is 12.3. The van der Waals surface area contributed by atoms with Crippen LogP contribution in [0.15, 0.2) is 35.3 Å². The Morgan fingerprint density at radius 2 is 1.83 bits per heavy atom. The van der Waals surface area contributed by atoms with E-state index in [1.165, 1.54) is 12.0 Å². The molecule has 1 amide bonds. The van der Waals surface area contributed by atoms with Gasteiger partial charge in [0.1, 0.15) is 0 Å². The van der Waals surface area contributed by atoms with Gasteiger partial charge in [-0.3, -0.25) is 9.79 Å². The minimum atomic E-state index is 0. The summed E-state index contributed by atoms with van der Waals surface area (Å²) in [6.45, 7) is 2.84. The third-order valence-corrected chi connectivity index (χ3v) is 7.59. The standard InChI is InChI=1S/C23H34N4OS.HI/c1-24-23(25-16-19-15-21(19)17-5-3-2-4-6-17)26-20-9-7-18(8-10-20)22(28)27-11-13-29-14-12-27;/h2-6,18-21H,7-16H2,1H3,(H2,24,25,26);1H. The molecular weight excluding hydrogens is 507 g/mol. The average Bonchev–Trinajstić information content (AvgIpc) is 3.57. The quantitative estimate of drug-likeness (QED) is 0.339. The van der Waals surface area contributed by atoms with Crippen LogP contribution in [-0.2, 0) is 4.79 Å². The molecule has 0 radical (unpaired) electrons. The van der Waals surface area contributed by atoms with Gasteiger partial charge in [0.2, 0.25) is 5.91 Å². The molecule has 4 rings (SSSR count). The molecule has 2 N–H and O–H groups in total. The largest absolute Gasteiger partial charge is 0.356 e. The number of benzene rings is 1. The summed E-state index contributed by atoms with van der Waals surface area (Å²) in [6, 6.07) is 11.2. The van der Waals surface area contributed by atoms with Gasteiger partial charge in [-0.05, 0) is 49.5 Å². The van der Waals surface area contributed by atoms with E-state index in [1.807, 2.05) is 18.8 Å². The zero-order valence-corrected chi connectivity index (χ0v) is 21.0. The van der Waals surface area contributed by atoms with Crippen LogP contribution in [0.4, 0.5) is 0 Å². The monoisotopic (exact) mass is 542 g/mol. The number of hydrogen-bond acceptors (Lipinski definition) is 3. The van der Waals surface area contributed by atoms with Gasteiger partial charge in [-0.15, -0.1) is 24.0 Å². The second-order valence-electron chi connectivity index (χ2n) is 8.60. The van der Waals surface area contributed by atoms with Crippen molar-refractivity contribution in [2.75, 3.05) is 38.2 Å². The molecule has 0 bridgehead atoms. The second kappa shape index (κ2) is 11.6. The lowest BCUT2D eigenvalue weighted by Crippen LogP contribution is -2.47. The van der Waals surface area contributed by atoms with Crippen LogP contribution in [0, 0.1) is 11.8 Å². The van der Waals surface area contributed by atoms with Crippen LogP contribution < -0.4 is 10.6 Å². The van der Waals surface area contributed by atoms with Crippen molar-refractivity contribution < 1.29 is 4.79 Å². The molecule has 2 atom stereocenters. The van der Waals surface area contributed by atoms with Crippen molar-refractivity contribution in [3.8, 4) is 0 Å². The molecule has 3 aliphatic rings. The molecule has 1 aliphatic heterocycles. The van der Waals surface area contributed by atoms with Crippen molar-refractivity contribution in [2.45, 2.75) is 44.1 Å². The van der Waals surface area contributed by atoms with Crippen LogP contribution in [-0.4, -0.2) is 61.0 Å². The van der Waals surface area contributed by atoms with Gasteiger partial charge >= 0.3 is 0 Å². The molecular formula is C23H35IN4OS. The average molecular weight is 543 g/mol. The lowest BCUT2D eigenvalue weighted by Gasteiger charge is -2.34.